The van der Waals surface area contributed by atoms with E-state index in [1.807, 2.05) is 0 Å². The number of esters is 1. The number of carbonyl (C=O) groups is 1. The molecule has 0 aliphatic rings. The summed E-state index contributed by atoms with van der Waals surface area (Å²) in [5.74, 6) is -1.61. The number of hydrogen-bond acceptors (Lipinski definition) is 5. The molecular weight excluding hydrogens is 397 g/mol. The highest BCUT2D eigenvalue weighted by Gasteiger charge is 2.26. The molecule has 0 spiro atoms. The second-order valence-corrected chi connectivity index (χ2v) is 7.55. The highest BCUT2D eigenvalue weighted by atomic mass is 35.5. The summed E-state index contributed by atoms with van der Waals surface area (Å²) in [5.41, 5.74) is 0.151. The maximum absolute atomic E-state index is 14.0. The molecule has 2 aromatic rings. The fourth-order valence-corrected chi connectivity index (χ4v) is 3.96. The summed E-state index contributed by atoms with van der Waals surface area (Å²) in [7, 11) is -1.69. The summed E-state index contributed by atoms with van der Waals surface area (Å²) >= 11 is 5.98. The van der Waals surface area contributed by atoms with Gasteiger partial charge in [-0.3, -0.25) is 4.31 Å². The Hall–Kier alpha value is -2.58. The van der Waals surface area contributed by atoms with Gasteiger partial charge < -0.3 is 9.47 Å². The van der Waals surface area contributed by atoms with Crippen molar-refractivity contribution in [2.24, 2.45) is 0 Å². The van der Waals surface area contributed by atoms with E-state index in [0.717, 1.165) is 10.4 Å². The van der Waals surface area contributed by atoms with Crippen LogP contribution in [0.4, 0.5) is 10.1 Å². The van der Waals surface area contributed by atoms with Crippen LogP contribution in [0, 0.1) is 5.82 Å². The Kier molecular flexibility index (Phi) is 6.45. The minimum absolute atomic E-state index is 0.00170. The van der Waals surface area contributed by atoms with Crippen LogP contribution in [0.5, 0.6) is 5.75 Å². The molecule has 9 heteroatoms. The molecular formula is C18H17ClFNO5S. The fraction of sp³-hybridized carbons (Fsp3) is 0.167. The number of nitrogens with zero attached hydrogens (tertiary/aromatic N) is 1. The molecule has 0 unspecified atom stereocenters. The molecule has 0 radical (unpaired) electrons. The van der Waals surface area contributed by atoms with Gasteiger partial charge in [0, 0.05) is 0 Å². The lowest BCUT2D eigenvalue weighted by atomic mass is 10.2. The number of ether oxygens (including phenoxy) is 2. The monoisotopic (exact) mass is 413 g/mol. The van der Waals surface area contributed by atoms with Gasteiger partial charge in [-0.2, -0.15) is 0 Å². The van der Waals surface area contributed by atoms with Gasteiger partial charge in [0.15, 0.2) is 11.6 Å². The second kappa shape index (κ2) is 8.41. The molecule has 0 aliphatic heterocycles. The van der Waals surface area contributed by atoms with Crippen molar-refractivity contribution in [3.8, 4) is 5.75 Å². The van der Waals surface area contributed by atoms with Gasteiger partial charge in [-0.25, -0.2) is 17.6 Å². The molecule has 0 saturated carbocycles. The van der Waals surface area contributed by atoms with E-state index in [-0.39, 0.29) is 33.5 Å². The van der Waals surface area contributed by atoms with E-state index in [4.69, 9.17) is 16.3 Å². The summed E-state index contributed by atoms with van der Waals surface area (Å²) in [6, 6.07) is 7.40. The van der Waals surface area contributed by atoms with Crippen LogP contribution in [-0.2, 0) is 14.8 Å². The second-order valence-electron chi connectivity index (χ2n) is 5.28. The minimum Gasteiger partial charge on any atom is -0.494 e. The third-order valence-electron chi connectivity index (χ3n) is 3.65. The molecule has 0 heterocycles. The number of sulfonamides is 1. The number of methoxy groups -OCH3 is 2. The van der Waals surface area contributed by atoms with E-state index in [0.29, 0.717) is 0 Å². The summed E-state index contributed by atoms with van der Waals surface area (Å²) in [6.07, 6.45) is 1.36. The van der Waals surface area contributed by atoms with Crippen LogP contribution in [-0.4, -0.2) is 35.2 Å². The predicted octanol–water partition coefficient (Wildman–Crippen LogP) is 3.66. The van der Waals surface area contributed by atoms with Crippen LogP contribution in [0.15, 0.2) is 53.9 Å². The van der Waals surface area contributed by atoms with Crippen molar-refractivity contribution in [3.05, 3.63) is 65.5 Å². The first-order valence-corrected chi connectivity index (χ1v) is 9.43. The molecule has 0 fully saturated rings. The SMILES string of the molecule is C=CCN(c1ccc(Cl)c(C(=O)OC)c1)S(=O)(=O)c1ccc(OC)c(F)c1. The fourth-order valence-electron chi connectivity index (χ4n) is 2.33. The Morgan fingerprint density at radius 3 is 2.52 bits per heavy atom. The largest absolute Gasteiger partial charge is 0.494 e. The molecule has 0 aliphatic carbocycles. The zero-order valence-corrected chi connectivity index (χ0v) is 16.2. The standard InChI is InChI=1S/C18H17ClFNO5S/c1-4-9-21(12-5-7-15(19)14(10-12)18(22)26-3)27(23,24)13-6-8-17(25-2)16(20)11-13/h4-8,10-11H,1,9H2,2-3H3. The van der Waals surface area contributed by atoms with Crippen molar-refractivity contribution < 1.29 is 27.1 Å². The van der Waals surface area contributed by atoms with E-state index in [2.05, 4.69) is 11.3 Å². The van der Waals surface area contributed by atoms with Gasteiger partial charge in [0.25, 0.3) is 10.0 Å². The van der Waals surface area contributed by atoms with Crippen LogP contribution in [0.3, 0.4) is 0 Å². The van der Waals surface area contributed by atoms with Crippen molar-refractivity contribution in [3.63, 3.8) is 0 Å². The zero-order valence-electron chi connectivity index (χ0n) is 14.6. The Labute approximate surface area is 161 Å². The van der Waals surface area contributed by atoms with Crippen molar-refractivity contribution in [1.82, 2.24) is 0 Å². The quantitative estimate of drug-likeness (QED) is 0.511. The minimum atomic E-state index is -4.15. The summed E-state index contributed by atoms with van der Waals surface area (Å²) in [6.45, 7) is 3.44. The van der Waals surface area contributed by atoms with Crippen LogP contribution in [0.2, 0.25) is 5.02 Å². The van der Waals surface area contributed by atoms with E-state index in [9.17, 15) is 17.6 Å². The summed E-state index contributed by atoms with van der Waals surface area (Å²) in [4.78, 5) is 11.6. The van der Waals surface area contributed by atoms with Gasteiger partial charge in [-0.15, -0.1) is 6.58 Å². The van der Waals surface area contributed by atoms with Gasteiger partial charge in [0.1, 0.15) is 0 Å². The number of benzene rings is 2. The lowest BCUT2D eigenvalue weighted by Gasteiger charge is -2.24. The molecule has 2 rings (SSSR count). The van der Waals surface area contributed by atoms with Gasteiger partial charge in [-0.1, -0.05) is 17.7 Å². The molecule has 0 saturated heterocycles. The van der Waals surface area contributed by atoms with Crippen LogP contribution >= 0.6 is 11.6 Å². The number of hydrogen-bond donors (Lipinski definition) is 0. The summed E-state index contributed by atoms with van der Waals surface area (Å²) in [5, 5.41) is 0.108. The van der Waals surface area contributed by atoms with Crippen LogP contribution in [0.1, 0.15) is 10.4 Å². The Bertz CT molecular complexity index is 978. The molecule has 0 aromatic heterocycles. The highest BCUT2D eigenvalue weighted by Crippen LogP contribution is 2.30. The molecule has 0 N–H and O–H groups in total. The number of halogens is 2. The van der Waals surface area contributed by atoms with Crippen molar-refractivity contribution in [1.29, 1.82) is 0 Å². The normalized spacial score (nSPS) is 11.0. The average Bonchev–Trinajstić information content (AvgIpc) is 2.65. The first kappa shape index (κ1) is 20.7. The smallest absolute Gasteiger partial charge is 0.339 e. The molecule has 144 valence electrons. The maximum atomic E-state index is 14.0. The van der Waals surface area contributed by atoms with Crippen molar-refractivity contribution >= 4 is 33.3 Å². The van der Waals surface area contributed by atoms with Crippen molar-refractivity contribution in [2.45, 2.75) is 4.90 Å². The number of anilines is 1. The lowest BCUT2D eigenvalue weighted by molar-refractivity contribution is 0.0601. The molecule has 2 aromatic carbocycles. The highest BCUT2D eigenvalue weighted by molar-refractivity contribution is 7.92. The van der Waals surface area contributed by atoms with E-state index in [1.165, 1.54) is 50.6 Å². The molecule has 0 atom stereocenters. The molecule has 6 nitrogen and oxygen atoms in total. The van der Waals surface area contributed by atoms with Gasteiger partial charge in [0.05, 0.1) is 41.9 Å². The van der Waals surface area contributed by atoms with Crippen molar-refractivity contribution in [2.75, 3.05) is 25.1 Å². The first-order chi connectivity index (χ1) is 12.8. The topological polar surface area (TPSA) is 72.9 Å². The molecule has 27 heavy (non-hydrogen) atoms. The van der Waals surface area contributed by atoms with E-state index >= 15 is 0 Å². The first-order valence-electron chi connectivity index (χ1n) is 7.61. The zero-order chi connectivity index (χ0) is 20.2. The number of rotatable bonds is 7. The van der Waals surface area contributed by atoms with Gasteiger partial charge >= 0.3 is 5.97 Å². The van der Waals surface area contributed by atoms with Crippen LogP contribution < -0.4 is 9.04 Å². The third-order valence-corrected chi connectivity index (χ3v) is 5.77. The Morgan fingerprint density at radius 1 is 1.26 bits per heavy atom. The Balaban J connectivity index is 2.58. The molecule has 0 bridgehead atoms. The summed E-state index contributed by atoms with van der Waals surface area (Å²) < 4.78 is 50.5. The maximum Gasteiger partial charge on any atom is 0.339 e. The van der Waals surface area contributed by atoms with Gasteiger partial charge in [-0.05, 0) is 36.4 Å². The Morgan fingerprint density at radius 2 is 1.96 bits per heavy atom. The van der Waals surface area contributed by atoms with E-state index < -0.39 is 21.8 Å². The van der Waals surface area contributed by atoms with E-state index in [1.54, 1.807) is 0 Å². The predicted molar refractivity (Wildman–Crippen MR) is 100 cm³/mol. The van der Waals surface area contributed by atoms with Crippen LogP contribution in [0.25, 0.3) is 0 Å². The third kappa shape index (κ3) is 4.23. The van der Waals surface area contributed by atoms with Gasteiger partial charge in [0.2, 0.25) is 0 Å². The average molecular weight is 414 g/mol. The lowest BCUT2D eigenvalue weighted by Crippen LogP contribution is -2.31. The number of carbonyl (C=O) groups excluding carboxylic acids is 1. The molecule has 0 amide bonds.